The van der Waals surface area contributed by atoms with Gasteiger partial charge in [0.1, 0.15) is 5.75 Å². The Labute approximate surface area is 179 Å². The van der Waals surface area contributed by atoms with Gasteiger partial charge in [-0.05, 0) is 43.5 Å². The van der Waals surface area contributed by atoms with Crippen LogP contribution in [0.15, 0.2) is 24.3 Å². The second-order valence-corrected chi connectivity index (χ2v) is 9.12. The Morgan fingerprint density at radius 3 is 2.40 bits per heavy atom. The maximum atomic E-state index is 13.5. The molecular formula is C23H34N2O5. The van der Waals surface area contributed by atoms with Crippen molar-refractivity contribution in [1.29, 1.82) is 0 Å². The second-order valence-electron chi connectivity index (χ2n) is 9.12. The Balaban J connectivity index is 1.71. The van der Waals surface area contributed by atoms with Crippen molar-refractivity contribution in [3.05, 3.63) is 24.3 Å². The van der Waals surface area contributed by atoms with Crippen LogP contribution in [0, 0.1) is 11.8 Å². The number of carbonyl (C=O) groups is 2. The third-order valence-electron chi connectivity index (χ3n) is 5.75. The van der Waals surface area contributed by atoms with Crippen LogP contribution >= 0.6 is 0 Å². The van der Waals surface area contributed by atoms with E-state index < -0.39 is 23.8 Å². The molecule has 0 aromatic heterocycles. The number of carbonyl (C=O) groups excluding carboxylic acids is 2. The third-order valence-corrected chi connectivity index (χ3v) is 5.75. The van der Waals surface area contributed by atoms with Crippen LogP contribution in [-0.2, 0) is 19.1 Å². The SMILES string of the molecule is COc1ccc(N2CCN(C(=O)[C@@H](CC(C)C)[C@@H]3OC(C)(C)OC3=O)[C@H](C)C2)cc1. The lowest BCUT2D eigenvalue weighted by Crippen LogP contribution is -2.57. The van der Waals surface area contributed by atoms with Crippen LogP contribution in [-0.4, -0.2) is 61.5 Å². The quantitative estimate of drug-likeness (QED) is 0.662. The zero-order chi connectivity index (χ0) is 22.1. The number of methoxy groups -OCH3 is 1. The maximum Gasteiger partial charge on any atom is 0.338 e. The lowest BCUT2D eigenvalue weighted by atomic mass is 9.90. The molecule has 0 spiro atoms. The second kappa shape index (κ2) is 8.84. The molecule has 3 rings (SSSR count). The summed E-state index contributed by atoms with van der Waals surface area (Å²) in [4.78, 5) is 30.1. The largest absolute Gasteiger partial charge is 0.497 e. The third kappa shape index (κ3) is 4.89. The first kappa shape index (κ1) is 22.4. The highest BCUT2D eigenvalue weighted by Gasteiger charge is 2.49. The van der Waals surface area contributed by atoms with E-state index in [1.54, 1.807) is 21.0 Å². The van der Waals surface area contributed by atoms with E-state index in [9.17, 15) is 9.59 Å². The molecule has 1 aromatic carbocycles. The summed E-state index contributed by atoms with van der Waals surface area (Å²) in [5.74, 6) is -0.905. The van der Waals surface area contributed by atoms with Gasteiger partial charge in [-0.2, -0.15) is 0 Å². The van der Waals surface area contributed by atoms with Crippen LogP contribution in [0.3, 0.4) is 0 Å². The van der Waals surface area contributed by atoms with Crippen molar-refractivity contribution in [3.63, 3.8) is 0 Å². The molecule has 0 radical (unpaired) electrons. The summed E-state index contributed by atoms with van der Waals surface area (Å²) < 4.78 is 16.4. The standard InChI is InChI=1S/C23H34N2O5/c1-15(2)13-19(20-22(27)30-23(4,5)29-20)21(26)25-12-11-24(14-16(25)3)17-7-9-18(28-6)10-8-17/h7-10,15-16,19-20H,11-14H2,1-6H3/t16-,19+,20+/m1/s1. The predicted molar refractivity (Wildman–Crippen MR) is 114 cm³/mol. The number of rotatable bonds is 6. The summed E-state index contributed by atoms with van der Waals surface area (Å²) in [5, 5.41) is 0. The summed E-state index contributed by atoms with van der Waals surface area (Å²) in [6.45, 7) is 11.6. The van der Waals surface area contributed by atoms with E-state index in [4.69, 9.17) is 14.2 Å². The summed E-state index contributed by atoms with van der Waals surface area (Å²) >= 11 is 0. The number of ether oxygens (including phenoxy) is 3. The van der Waals surface area contributed by atoms with E-state index in [0.717, 1.165) is 24.5 Å². The Bertz CT molecular complexity index is 761. The Kier molecular flexibility index (Phi) is 6.60. The number of esters is 1. The Hall–Kier alpha value is -2.28. The van der Waals surface area contributed by atoms with Crippen molar-refractivity contribution in [1.82, 2.24) is 4.90 Å². The van der Waals surface area contributed by atoms with Crippen molar-refractivity contribution in [2.75, 3.05) is 31.6 Å². The molecule has 2 aliphatic heterocycles. The first-order valence-electron chi connectivity index (χ1n) is 10.7. The summed E-state index contributed by atoms with van der Waals surface area (Å²) in [5.41, 5.74) is 1.11. The van der Waals surface area contributed by atoms with Gasteiger partial charge in [-0.1, -0.05) is 13.8 Å². The number of cyclic esters (lactones) is 1. The average Bonchev–Trinajstić information content (AvgIpc) is 2.97. The molecule has 0 unspecified atom stereocenters. The number of anilines is 1. The van der Waals surface area contributed by atoms with E-state index in [2.05, 4.69) is 25.7 Å². The molecule has 0 saturated carbocycles. The predicted octanol–water partition coefficient (Wildman–Crippen LogP) is 3.07. The molecule has 1 aromatic rings. The zero-order valence-electron chi connectivity index (χ0n) is 18.9. The fraction of sp³-hybridized carbons (Fsp3) is 0.652. The van der Waals surface area contributed by atoms with Gasteiger partial charge < -0.3 is 24.0 Å². The first-order chi connectivity index (χ1) is 14.1. The molecule has 1 amide bonds. The lowest BCUT2D eigenvalue weighted by Gasteiger charge is -2.42. The molecule has 2 saturated heterocycles. The molecule has 7 nitrogen and oxygen atoms in total. The van der Waals surface area contributed by atoms with Crippen LogP contribution in [0.4, 0.5) is 5.69 Å². The first-order valence-corrected chi connectivity index (χ1v) is 10.7. The number of benzene rings is 1. The number of piperazine rings is 1. The van der Waals surface area contributed by atoms with Gasteiger partial charge in [0.2, 0.25) is 11.7 Å². The van der Waals surface area contributed by atoms with Crippen molar-refractivity contribution >= 4 is 17.6 Å². The molecule has 166 valence electrons. The van der Waals surface area contributed by atoms with Gasteiger partial charge in [-0.15, -0.1) is 0 Å². The molecular weight excluding hydrogens is 384 g/mol. The molecule has 2 fully saturated rings. The van der Waals surface area contributed by atoms with Gasteiger partial charge in [-0.3, -0.25) is 4.79 Å². The molecule has 3 atom stereocenters. The zero-order valence-corrected chi connectivity index (χ0v) is 18.9. The van der Waals surface area contributed by atoms with Crippen LogP contribution < -0.4 is 9.64 Å². The maximum absolute atomic E-state index is 13.5. The minimum Gasteiger partial charge on any atom is -0.497 e. The highest BCUT2D eigenvalue weighted by atomic mass is 16.8. The normalized spacial score (nSPS) is 24.7. The summed E-state index contributed by atoms with van der Waals surface area (Å²) in [7, 11) is 1.65. The topological polar surface area (TPSA) is 68.3 Å². The van der Waals surface area contributed by atoms with Crippen molar-refractivity contribution in [3.8, 4) is 5.75 Å². The Morgan fingerprint density at radius 2 is 1.90 bits per heavy atom. The fourth-order valence-electron chi connectivity index (χ4n) is 4.31. The van der Waals surface area contributed by atoms with Crippen LogP contribution in [0.5, 0.6) is 5.75 Å². The van der Waals surface area contributed by atoms with E-state index in [-0.39, 0.29) is 17.9 Å². The molecule has 0 N–H and O–H groups in total. The van der Waals surface area contributed by atoms with Gasteiger partial charge in [0, 0.05) is 45.2 Å². The number of amides is 1. The number of hydrogen-bond donors (Lipinski definition) is 0. The highest BCUT2D eigenvalue weighted by Crippen LogP contribution is 2.33. The van der Waals surface area contributed by atoms with E-state index in [1.807, 2.05) is 29.2 Å². The fourth-order valence-corrected chi connectivity index (χ4v) is 4.31. The smallest absolute Gasteiger partial charge is 0.338 e. The van der Waals surface area contributed by atoms with Crippen LogP contribution in [0.2, 0.25) is 0 Å². The molecule has 7 heteroatoms. The van der Waals surface area contributed by atoms with Gasteiger partial charge in [-0.25, -0.2) is 4.79 Å². The number of nitrogens with zero attached hydrogens (tertiary/aromatic N) is 2. The highest BCUT2D eigenvalue weighted by molar-refractivity contribution is 5.88. The van der Waals surface area contributed by atoms with Gasteiger partial charge >= 0.3 is 5.97 Å². The van der Waals surface area contributed by atoms with Crippen molar-refractivity contribution in [2.45, 2.75) is 59.0 Å². The van der Waals surface area contributed by atoms with Crippen molar-refractivity contribution < 1.29 is 23.8 Å². The van der Waals surface area contributed by atoms with Crippen LogP contribution in [0.25, 0.3) is 0 Å². The molecule has 0 bridgehead atoms. The minimum atomic E-state index is -0.990. The Morgan fingerprint density at radius 1 is 1.23 bits per heavy atom. The van der Waals surface area contributed by atoms with Gasteiger partial charge in [0.05, 0.1) is 13.0 Å². The van der Waals surface area contributed by atoms with E-state index >= 15 is 0 Å². The minimum absolute atomic E-state index is 0.0217. The van der Waals surface area contributed by atoms with Gasteiger partial charge in [0.15, 0.2) is 6.10 Å². The molecule has 30 heavy (non-hydrogen) atoms. The van der Waals surface area contributed by atoms with Crippen LogP contribution in [0.1, 0.15) is 41.0 Å². The monoisotopic (exact) mass is 418 g/mol. The molecule has 0 aliphatic carbocycles. The van der Waals surface area contributed by atoms with Gasteiger partial charge in [0.25, 0.3) is 0 Å². The average molecular weight is 419 g/mol. The molecule has 2 heterocycles. The van der Waals surface area contributed by atoms with E-state index in [0.29, 0.717) is 13.0 Å². The summed E-state index contributed by atoms with van der Waals surface area (Å²) in [6.07, 6.45) is -0.262. The number of hydrogen-bond acceptors (Lipinski definition) is 6. The van der Waals surface area contributed by atoms with E-state index in [1.165, 1.54) is 0 Å². The lowest BCUT2D eigenvalue weighted by molar-refractivity contribution is -0.163. The molecule has 2 aliphatic rings. The summed E-state index contributed by atoms with van der Waals surface area (Å²) in [6, 6.07) is 7.99. The van der Waals surface area contributed by atoms with Crippen molar-refractivity contribution in [2.24, 2.45) is 11.8 Å².